The van der Waals surface area contributed by atoms with Crippen LogP contribution in [0.4, 0.5) is 5.95 Å². The molecule has 1 fully saturated rings. The molecule has 4 nitrogen and oxygen atoms in total. The lowest BCUT2D eigenvalue weighted by Gasteiger charge is -2.31. The van der Waals surface area contributed by atoms with E-state index in [4.69, 9.17) is 10.7 Å². The fraction of sp³-hybridized carbons (Fsp3) is 0.769. The quantitative estimate of drug-likeness (QED) is 0.867. The first kappa shape index (κ1) is 12.4. The van der Waals surface area contributed by atoms with Crippen molar-refractivity contribution < 1.29 is 0 Å². The van der Waals surface area contributed by atoms with E-state index in [9.17, 15) is 0 Å². The van der Waals surface area contributed by atoms with Crippen molar-refractivity contribution in [1.29, 1.82) is 0 Å². The molecule has 0 spiro atoms. The van der Waals surface area contributed by atoms with Crippen LogP contribution >= 0.6 is 0 Å². The zero-order chi connectivity index (χ0) is 12.3. The molecule has 0 saturated carbocycles. The molecule has 0 radical (unpaired) electrons. The average Bonchev–Trinajstić information content (AvgIpc) is 2.73. The second-order valence-electron chi connectivity index (χ2n) is 4.93. The maximum Gasteiger partial charge on any atom is 0.205 e. The largest absolute Gasteiger partial charge is 0.341 e. The highest BCUT2D eigenvalue weighted by molar-refractivity contribution is 5.34. The van der Waals surface area contributed by atoms with E-state index in [0.29, 0.717) is 6.04 Å². The fourth-order valence-electron chi connectivity index (χ4n) is 2.48. The van der Waals surface area contributed by atoms with Gasteiger partial charge in [0, 0.05) is 31.9 Å². The van der Waals surface area contributed by atoms with Gasteiger partial charge in [-0.15, -0.1) is 0 Å². The van der Waals surface area contributed by atoms with E-state index in [1.54, 1.807) is 0 Å². The predicted molar refractivity (Wildman–Crippen MR) is 71.3 cm³/mol. The Labute approximate surface area is 104 Å². The van der Waals surface area contributed by atoms with Crippen molar-refractivity contribution in [3.63, 3.8) is 0 Å². The number of piperidine rings is 1. The number of imidazole rings is 1. The standard InChI is InChI=1S/C13H24N4/c1-3-7-16-10-12(4-2)15-13(16)17-8-5-6-11(14)9-17/h10-11H,3-9,14H2,1-2H3/t11-/m1/s1. The first-order chi connectivity index (χ1) is 8.24. The Morgan fingerprint density at radius 1 is 1.47 bits per heavy atom. The van der Waals surface area contributed by atoms with Crippen molar-refractivity contribution in [3.8, 4) is 0 Å². The fourth-order valence-corrected chi connectivity index (χ4v) is 2.48. The van der Waals surface area contributed by atoms with Gasteiger partial charge >= 0.3 is 0 Å². The summed E-state index contributed by atoms with van der Waals surface area (Å²) in [4.78, 5) is 7.09. The van der Waals surface area contributed by atoms with Gasteiger partial charge in [-0.1, -0.05) is 13.8 Å². The van der Waals surface area contributed by atoms with Gasteiger partial charge in [-0.25, -0.2) is 4.98 Å². The Bertz CT molecular complexity index is 358. The lowest BCUT2D eigenvalue weighted by molar-refractivity contribution is 0.491. The average molecular weight is 236 g/mol. The van der Waals surface area contributed by atoms with Crippen LogP contribution in [0, 0.1) is 0 Å². The molecule has 1 aromatic heterocycles. The van der Waals surface area contributed by atoms with Crippen LogP contribution in [0.3, 0.4) is 0 Å². The Morgan fingerprint density at radius 3 is 2.94 bits per heavy atom. The van der Waals surface area contributed by atoms with Crippen LogP contribution in [0.2, 0.25) is 0 Å². The number of hydrogen-bond donors (Lipinski definition) is 1. The van der Waals surface area contributed by atoms with Crippen LogP contribution in [0.5, 0.6) is 0 Å². The van der Waals surface area contributed by atoms with Gasteiger partial charge in [0.2, 0.25) is 5.95 Å². The number of aryl methyl sites for hydroxylation is 2. The van der Waals surface area contributed by atoms with E-state index in [-0.39, 0.29) is 0 Å². The smallest absolute Gasteiger partial charge is 0.205 e. The SMILES string of the molecule is CCCn1cc(CC)nc1N1CCC[C@@H](N)C1. The highest BCUT2D eigenvalue weighted by Crippen LogP contribution is 2.20. The minimum absolute atomic E-state index is 0.306. The third kappa shape index (κ3) is 2.80. The molecular formula is C13H24N4. The Hall–Kier alpha value is -1.03. The second kappa shape index (κ2) is 5.54. The van der Waals surface area contributed by atoms with Gasteiger partial charge in [-0.2, -0.15) is 0 Å². The summed E-state index contributed by atoms with van der Waals surface area (Å²) in [6, 6.07) is 0.306. The molecule has 2 heterocycles. The van der Waals surface area contributed by atoms with Crippen LogP contribution in [-0.4, -0.2) is 28.7 Å². The van der Waals surface area contributed by atoms with Crippen molar-refractivity contribution in [2.45, 2.75) is 52.1 Å². The highest BCUT2D eigenvalue weighted by atomic mass is 15.3. The molecule has 2 rings (SSSR count). The third-order valence-electron chi connectivity index (χ3n) is 3.37. The molecule has 0 aliphatic carbocycles. The zero-order valence-corrected chi connectivity index (χ0v) is 11.0. The van der Waals surface area contributed by atoms with Crippen LogP contribution < -0.4 is 10.6 Å². The maximum absolute atomic E-state index is 6.05. The molecule has 17 heavy (non-hydrogen) atoms. The number of nitrogens with zero attached hydrogens (tertiary/aromatic N) is 3. The predicted octanol–water partition coefficient (Wildman–Crippen LogP) is 1.78. The van der Waals surface area contributed by atoms with Crippen molar-refractivity contribution in [2.75, 3.05) is 18.0 Å². The number of aromatic nitrogens is 2. The summed E-state index contributed by atoms with van der Waals surface area (Å²) in [6.45, 7) is 7.46. The number of anilines is 1. The van der Waals surface area contributed by atoms with Crippen LogP contribution in [0.1, 0.15) is 38.8 Å². The van der Waals surface area contributed by atoms with Crippen LogP contribution in [0.15, 0.2) is 6.20 Å². The molecule has 1 aromatic rings. The second-order valence-corrected chi connectivity index (χ2v) is 4.93. The van der Waals surface area contributed by atoms with Gasteiger partial charge in [0.25, 0.3) is 0 Å². The molecule has 1 aliphatic rings. The molecule has 0 bridgehead atoms. The molecule has 0 unspecified atom stereocenters. The van der Waals surface area contributed by atoms with E-state index in [1.807, 2.05) is 0 Å². The first-order valence-corrected chi connectivity index (χ1v) is 6.81. The molecule has 0 amide bonds. The lowest BCUT2D eigenvalue weighted by Crippen LogP contribution is -2.44. The summed E-state index contributed by atoms with van der Waals surface area (Å²) in [5.74, 6) is 1.12. The first-order valence-electron chi connectivity index (χ1n) is 6.81. The summed E-state index contributed by atoms with van der Waals surface area (Å²) in [6.07, 6.45) is 6.67. The van der Waals surface area contributed by atoms with Crippen LogP contribution in [0.25, 0.3) is 0 Å². The maximum atomic E-state index is 6.05. The molecule has 96 valence electrons. The van der Waals surface area contributed by atoms with Gasteiger partial charge in [0.1, 0.15) is 0 Å². The minimum atomic E-state index is 0.306. The summed E-state index contributed by atoms with van der Waals surface area (Å²) in [5, 5.41) is 0. The van der Waals surface area contributed by atoms with Gasteiger partial charge in [-0.3, -0.25) is 0 Å². The van der Waals surface area contributed by atoms with Gasteiger partial charge in [0.05, 0.1) is 5.69 Å². The third-order valence-corrected chi connectivity index (χ3v) is 3.37. The monoisotopic (exact) mass is 236 g/mol. The number of rotatable bonds is 4. The number of nitrogens with two attached hydrogens (primary N) is 1. The van der Waals surface area contributed by atoms with Crippen molar-refractivity contribution in [2.24, 2.45) is 5.73 Å². The molecular weight excluding hydrogens is 212 g/mol. The van der Waals surface area contributed by atoms with E-state index in [0.717, 1.165) is 44.8 Å². The summed E-state index contributed by atoms with van der Waals surface area (Å²) >= 11 is 0. The molecule has 0 aromatic carbocycles. The van der Waals surface area contributed by atoms with E-state index in [1.165, 1.54) is 12.1 Å². The van der Waals surface area contributed by atoms with Gasteiger partial charge in [0.15, 0.2) is 0 Å². The van der Waals surface area contributed by atoms with E-state index >= 15 is 0 Å². The summed E-state index contributed by atoms with van der Waals surface area (Å²) in [5.41, 5.74) is 7.23. The molecule has 2 N–H and O–H groups in total. The number of hydrogen-bond acceptors (Lipinski definition) is 3. The van der Waals surface area contributed by atoms with Crippen molar-refractivity contribution in [1.82, 2.24) is 9.55 Å². The van der Waals surface area contributed by atoms with Crippen LogP contribution in [-0.2, 0) is 13.0 Å². The van der Waals surface area contributed by atoms with E-state index < -0.39 is 0 Å². The van der Waals surface area contributed by atoms with Gasteiger partial charge < -0.3 is 15.2 Å². The molecule has 1 aliphatic heterocycles. The highest BCUT2D eigenvalue weighted by Gasteiger charge is 2.21. The Morgan fingerprint density at radius 2 is 2.29 bits per heavy atom. The van der Waals surface area contributed by atoms with E-state index in [2.05, 4.69) is 29.5 Å². The Kier molecular flexibility index (Phi) is 4.05. The van der Waals surface area contributed by atoms with Crippen molar-refractivity contribution in [3.05, 3.63) is 11.9 Å². The molecule has 1 atom stereocenters. The topological polar surface area (TPSA) is 47.1 Å². The normalized spacial score (nSPS) is 20.9. The van der Waals surface area contributed by atoms with Gasteiger partial charge in [-0.05, 0) is 25.7 Å². The Balaban J connectivity index is 2.19. The van der Waals surface area contributed by atoms with Crippen molar-refractivity contribution >= 4 is 5.95 Å². The summed E-state index contributed by atoms with van der Waals surface area (Å²) < 4.78 is 2.29. The minimum Gasteiger partial charge on any atom is -0.341 e. The summed E-state index contributed by atoms with van der Waals surface area (Å²) in [7, 11) is 0. The molecule has 1 saturated heterocycles. The lowest BCUT2D eigenvalue weighted by atomic mass is 10.1. The molecule has 4 heteroatoms. The zero-order valence-electron chi connectivity index (χ0n) is 11.0.